The van der Waals surface area contributed by atoms with E-state index >= 15 is 0 Å². The summed E-state index contributed by atoms with van der Waals surface area (Å²) in [6, 6.07) is 13.0. The Bertz CT molecular complexity index is 933. The van der Waals surface area contributed by atoms with E-state index in [4.69, 9.17) is 17.3 Å². The van der Waals surface area contributed by atoms with Crippen molar-refractivity contribution < 1.29 is 4.79 Å². The van der Waals surface area contributed by atoms with Gasteiger partial charge in [-0.2, -0.15) is 5.26 Å². The van der Waals surface area contributed by atoms with E-state index in [-0.39, 0.29) is 0 Å². The third kappa shape index (κ3) is 2.22. The summed E-state index contributed by atoms with van der Waals surface area (Å²) in [5.41, 5.74) is 9.56. The number of fused-ring (bicyclic) bond motifs is 1. The summed E-state index contributed by atoms with van der Waals surface area (Å²) in [7, 11) is 0. The number of nitriles is 1. The number of rotatable bonds is 2. The second-order valence-corrected chi connectivity index (χ2v) is 5.49. The number of hydrogen-bond acceptors (Lipinski definition) is 2. The van der Waals surface area contributed by atoms with Gasteiger partial charge in [0.05, 0.1) is 17.1 Å². The number of halogens is 1. The average Bonchev–Trinajstić information content (AvgIpc) is 2.85. The van der Waals surface area contributed by atoms with Crippen molar-refractivity contribution in [1.29, 1.82) is 5.26 Å². The van der Waals surface area contributed by atoms with Gasteiger partial charge in [0, 0.05) is 16.0 Å². The maximum Gasteiger partial charge on any atom is 0.265 e. The van der Waals surface area contributed by atoms with Crippen LogP contribution in [0.2, 0.25) is 5.02 Å². The molecule has 0 bridgehead atoms. The van der Waals surface area contributed by atoms with Crippen molar-refractivity contribution in [3.8, 4) is 17.2 Å². The summed E-state index contributed by atoms with van der Waals surface area (Å²) in [6.45, 7) is 1.81. The molecule has 0 radical (unpaired) electrons. The fourth-order valence-corrected chi connectivity index (χ4v) is 2.72. The number of hydrogen-bond donors (Lipinski definition) is 2. The van der Waals surface area contributed by atoms with Gasteiger partial charge in [-0.25, -0.2) is 0 Å². The highest BCUT2D eigenvalue weighted by Crippen LogP contribution is 2.33. The molecule has 108 valence electrons. The third-order valence-corrected chi connectivity index (χ3v) is 3.95. The average molecular weight is 310 g/mol. The zero-order valence-electron chi connectivity index (χ0n) is 11.8. The zero-order chi connectivity index (χ0) is 15.9. The Morgan fingerprint density at radius 3 is 2.55 bits per heavy atom. The molecule has 3 rings (SSSR count). The van der Waals surface area contributed by atoms with E-state index in [0.717, 1.165) is 27.6 Å². The summed E-state index contributed by atoms with van der Waals surface area (Å²) in [4.78, 5) is 14.6. The van der Waals surface area contributed by atoms with E-state index in [1.807, 2.05) is 19.1 Å². The van der Waals surface area contributed by atoms with Crippen LogP contribution in [0.15, 0.2) is 36.4 Å². The molecule has 0 spiro atoms. The predicted octanol–water partition coefficient (Wildman–Crippen LogP) is 3.77. The molecular weight excluding hydrogens is 298 g/mol. The van der Waals surface area contributed by atoms with Gasteiger partial charge in [0.1, 0.15) is 5.69 Å². The lowest BCUT2D eigenvalue weighted by Crippen LogP contribution is -2.12. The molecule has 1 aromatic heterocycles. The molecule has 3 aromatic rings. The molecular formula is C17H12ClN3O. The van der Waals surface area contributed by atoms with Gasteiger partial charge in [-0.1, -0.05) is 23.7 Å². The van der Waals surface area contributed by atoms with Gasteiger partial charge >= 0.3 is 0 Å². The van der Waals surface area contributed by atoms with E-state index in [0.29, 0.717) is 16.3 Å². The van der Waals surface area contributed by atoms with Crippen LogP contribution >= 0.6 is 11.6 Å². The van der Waals surface area contributed by atoms with Crippen LogP contribution in [0.5, 0.6) is 0 Å². The largest absolute Gasteiger partial charge is 0.364 e. The van der Waals surface area contributed by atoms with Crippen LogP contribution in [0.3, 0.4) is 0 Å². The number of aryl methyl sites for hydroxylation is 1. The van der Waals surface area contributed by atoms with Crippen LogP contribution in [0, 0.1) is 18.3 Å². The molecule has 1 heterocycles. The Morgan fingerprint density at radius 1 is 1.27 bits per heavy atom. The molecule has 4 nitrogen and oxygen atoms in total. The summed E-state index contributed by atoms with van der Waals surface area (Å²) in [6.07, 6.45) is 0. The number of amides is 1. The lowest BCUT2D eigenvalue weighted by molar-refractivity contribution is 0.0996. The smallest absolute Gasteiger partial charge is 0.265 e. The number of H-pyrrole nitrogens is 1. The first-order chi connectivity index (χ1) is 10.5. The number of carbonyl (C=O) groups is 1. The fourth-order valence-electron chi connectivity index (χ4n) is 2.59. The van der Waals surface area contributed by atoms with Gasteiger partial charge in [-0.3, -0.25) is 4.79 Å². The molecule has 0 aliphatic carbocycles. The van der Waals surface area contributed by atoms with Crippen molar-refractivity contribution in [3.63, 3.8) is 0 Å². The van der Waals surface area contributed by atoms with Gasteiger partial charge < -0.3 is 10.7 Å². The number of nitrogens with two attached hydrogens (primary N) is 1. The first-order valence-corrected chi connectivity index (χ1v) is 7.01. The van der Waals surface area contributed by atoms with Crippen LogP contribution in [-0.2, 0) is 0 Å². The molecule has 0 unspecified atom stereocenters. The molecule has 0 fully saturated rings. The van der Waals surface area contributed by atoms with Gasteiger partial charge in [0.25, 0.3) is 5.91 Å². The molecule has 0 saturated heterocycles. The molecule has 3 N–H and O–H groups in total. The molecule has 5 heteroatoms. The van der Waals surface area contributed by atoms with Crippen LogP contribution < -0.4 is 5.73 Å². The Morgan fingerprint density at radius 2 is 1.95 bits per heavy atom. The van der Waals surface area contributed by atoms with Crippen LogP contribution in [0.1, 0.15) is 21.6 Å². The van der Waals surface area contributed by atoms with Crippen molar-refractivity contribution in [2.24, 2.45) is 5.73 Å². The quantitative estimate of drug-likeness (QED) is 0.755. The topological polar surface area (TPSA) is 82.7 Å². The van der Waals surface area contributed by atoms with Crippen molar-refractivity contribution in [3.05, 3.63) is 58.2 Å². The van der Waals surface area contributed by atoms with E-state index in [9.17, 15) is 10.1 Å². The summed E-state index contributed by atoms with van der Waals surface area (Å²) < 4.78 is 0. The lowest BCUT2D eigenvalue weighted by atomic mass is 9.99. The Balaban J connectivity index is 2.38. The first-order valence-electron chi connectivity index (χ1n) is 6.63. The Kier molecular flexibility index (Phi) is 3.36. The first kappa shape index (κ1) is 14.2. The molecule has 0 atom stereocenters. The number of nitrogens with zero attached hydrogens (tertiary/aromatic N) is 1. The van der Waals surface area contributed by atoms with Crippen molar-refractivity contribution in [1.82, 2.24) is 4.98 Å². The normalized spacial score (nSPS) is 10.6. The van der Waals surface area contributed by atoms with E-state index in [1.165, 1.54) is 0 Å². The zero-order valence-corrected chi connectivity index (χ0v) is 12.5. The minimum Gasteiger partial charge on any atom is -0.364 e. The number of aromatic nitrogens is 1. The molecule has 1 amide bonds. The standard InChI is InChI=1S/C17H12ClN3O/c1-9-13-6-10(8-19)7-14(11-2-4-12(18)5-3-11)16(13)21-15(9)17(20)22/h2-7,21H,1H3,(H2,20,22). The monoisotopic (exact) mass is 309 g/mol. The van der Waals surface area contributed by atoms with Crippen molar-refractivity contribution in [2.75, 3.05) is 0 Å². The molecule has 0 saturated carbocycles. The number of nitrogens with one attached hydrogen (secondary N) is 1. The molecule has 0 aliphatic heterocycles. The second kappa shape index (κ2) is 5.21. The number of carbonyl (C=O) groups excluding carboxylic acids is 1. The maximum atomic E-state index is 11.5. The Labute approximate surface area is 132 Å². The van der Waals surface area contributed by atoms with Gasteiger partial charge in [0.15, 0.2) is 0 Å². The summed E-state index contributed by atoms with van der Waals surface area (Å²) in [5, 5.41) is 10.7. The van der Waals surface area contributed by atoms with E-state index < -0.39 is 5.91 Å². The lowest BCUT2D eigenvalue weighted by Gasteiger charge is -2.05. The SMILES string of the molecule is Cc1c(C(N)=O)[nH]c2c(-c3ccc(Cl)cc3)cc(C#N)cc12. The Hall–Kier alpha value is -2.77. The van der Waals surface area contributed by atoms with Gasteiger partial charge in [0.2, 0.25) is 0 Å². The highest BCUT2D eigenvalue weighted by atomic mass is 35.5. The number of benzene rings is 2. The highest BCUT2D eigenvalue weighted by Gasteiger charge is 2.16. The third-order valence-electron chi connectivity index (χ3n) is 3.70. The van der Waals surface area contributed by atoms with Crippen LogP contribution in [0.25, 0.3) is 22.0 Å². The molecule has 0 aliphatic rings. The second-order valence-electron chi connectivity index (χ2n) is 5.05. The minimum absolute atomic E-state index is 0.361. The summed E-state index contributed by atoms with van der Waals surface area (Å²) in [5.74, 6) is -0.519. The fraction of sp³-hybridized carbons (Fsp3) is 0.0588. The van der Waals surface area contributed by atoms with Gasteiger partial charge in [-0.15, -0.1) is 0 Å². The maximum absolute atomic E-state index is 11.5. The summed E-state index contributed by atoms with van der Waals surface area (Å²) >= 11 is 5.93. The molecule has 2 aromatic carbocycles. The van der Waals surface area contributed by atoms with Gasteiger partial charge in [-0.05, 0) is 42.3 Å². The van der Waals surface area contributed by atoms with Crippen LogP contribution in [-0.4, -0.2) is 10.9 Å². The molecule has 22 heavy (non-hydrogen) atoms. The van der Waals surface area contributed by atoms with Crippen molar-refractivity contribution in [2.45, 2.75) is 6.92 Å². The number of primary amides is 1. The number of aromatic amines is 1. The predicted molar refractivity (Wildman–Crippen MR) is 86.7 cm³/mol. The van der Waals surface area contributed by atoms with E-state index in [1.54, 1.807) is 24.3 Å². The van der Waals surface area contributed by atoms with Crippen LogP contribution in [0.4, 0.5) is 0 Å². The van der Waals surface area contributed by atoms with E-state index in [2.05, 4.69) is 11.1 Å². The highest BCUT2D eigenvalue weighted by molar-refractivity contribution is 6.30. The van der Waals surface area contributed by atoms with Crippen molar-refractivity contribution >= 4 is 28.4 Å². The minimum atomic E-state index is -0.519.